The molecule has 27 heavy (non-hydrogen) atoms. The molecule has 1 unspecified atom stereocenters. The molecule has 2 aliphatic rings. The molecule has 2 aromatic rings. The molecule has 146 valence electrons. The van der Waals surface area contributed by atoms with E-state index in [1.54, 1.807) is 0 Å². The Bertz CT molecular complexity index is 810. The van der Waals surface area contributed by atoms with Gasteiger partial charge in [-0.05, 0) is 31.9 Å². The number of morpholine rings is 1. The number of nitrogens with zero attached hydrogens (tertiary/aromatic N) is 2. The van der Waals surface area contributed by atoms with Gasteiger partial charge in [-0.1, -0.05) is 12.1 Å². The number of hydrogen-bond donors (Lipinski definition) is 0. The molecule has 0 bridgehead atoms. The molecule has 0 saturated carbocycles. The maximum atomic E-state index is 13.2. The first-order chi connectivity index (χ1) is 13.1. The molecule has 0 N–H and O–H groups in total. The van der Waals surface area contributed by atoms with E-state index in [1.807, 2.05) is 30.9 Å². The predicted molar refractivity (Wildman–Crippen MR) is 103 cm³/mol. The Labute approximate surface area is 160 Å². The highest BCUT2D eigenvalue weighted by atomic mass is 16.5. The lowest BCUT2D eigenvalue weighted by Gasteiger charge is -2.31. The molecule has 0 spiro atoms. The maximum absolute atomic E-state index is 13.2. The van der Waals surface area contributed by atoms with E-state index in [9.17, 15) is 4.79 Å². The smallest absolute Gasteiger partial charge is 0.289 e. The van der Waals surface area contributed by atoms with E-state index in [-0.39, 0.29) is 12.0 Å². The normalized spacial score (nSPS) is 22.1. The second-order valence-electron chi connectivity index (χ2n) is 7.57. The van der Waals surface area contributed by atoms with Crippen molar-refractivity contribution in [1.82, 2.24) is 9.80 Å². The van der Waals surface area contributed by atoms with E-state index in [4.69, 9.17) is 13.9 Å². The molecule has 1 amide bonds. The van der Waals surface area contributed by atoms with Crippen LogP contribution in [0.2, 0.25) is 0 Å². The highest BCUT2D eigenvalue weighted by Crippen LogP contribution is 2.27. The van der Waals surface area contributed by atoms with Crippen LogP contribution >= 0.6 is 0 Å². The van der Waals surface area contributed by atoms with Crippen LogP contribution in [0.3, 0.4) is 0 Å². The van der Waals surface area contributed by atoms with Crippen LogP contribution in [0.15, 0.2) is 22.6 Å². The average Bonchev–Trinajstić information content (AvgIpc) is 2.84. The van der Waals surface area contributed by atoms with Crippen LogP contribution in [0.25, 0.3) is 11.0 Å². The predicted octanol–water partition coefficient (Wildman–Crippen LogP) is 2.61. The van der Waals surface area contributed by atoms with E-state index >= 15 is 0 Å². The molecule has 4 rings (SSSR count). The number of aryl methyl sites for hydroxylation is 2. The van der Waals surface area contributed by atoms with E-state index < -0.39 is 0 Å². The summed E-state index contributed by atoms with van der Waals surface area (Å²) in [7, 11) is 0. The number of rotatable bonds is 3. The number of furan rings is 1. The molecule has 1 aromatic heterocycles. The minimum absolute atomic E-state index is 0.0289. The summed E-state index contributed by atoms with van der Waals surface area (Å²) in [6.45, 7) is 10.2. The fourth-order valence-electron chi connectivity index (χ4n) is 3.94. The Morgan fingerprint density at radius 2 is 1.96 bits per heavy atom. The lowest BCUT2D eigenvalue weighted by atomic mass is 10.1. The van der Waals surface area contributed by atoms with Gasteiger partial charge in [0, 0.05) is 50.3 Å². The molecule has 0 aliphatic carbocycles. The van der Waals surface area contributed by atoms with Gasteiger partial charge < -0.3 is 18.8 Å². The van der Waals surface area contributed by atoms with Crippen molar-refractivity contribution in [2.45, 2.75) is 26.4 Å². The fourth-order valence-corrected chi connectivity index (χ4v) is 3.94. The van der Waals surface area contributed by atoms with Crippen LogP contribution in [-0.2, 0) is 9.47 Å². The molecule has 1 aromatic carbocycles. The molecular weight excluding hydrogens is 344 g/mol. The third-order valence-corrected chi connectivity index (χ3v) is 5.49. The zero-order valence-electron chi connectivity index (χ0n) is 16.2. The molecule has 0 radical (unpaired) electrons. The van der Waals surface area contributed by atoms with Gasteiger partial charge in [0.1, 0.15) is 5.58 Å². The highest BCUT2D eigenvalue weighted by molar-refractivity contribution is 5.99. The molecule has 3 heterocycles. The Morgan fingerprint density at radius 3 is 2.78 bits per heavy atom. The van der Waals surface area contributed by atoms with Crippen LogP contribution in [0.5, 0.6) is 0 Å². The van der Waals surface area contributed by atoms with Crippen molar-refractivity contribution in [2.75, 3.05) is 52.5 Å². The van der Waals surface area contributed by atoms with Crippen LogP contribution in [0.1, 0.15) is 28.1 Å². The van der Waals surface area contributed by atoms with Gasteiger partial charge in [-0.2, -0.15) is 0 Å². The van der Waals surface area contributed by atoms with Crippen molar-refractivity contribution >= 4 is 16.9 Å². The van der Waals surface area contributed by atoms with Crippen molar-refractivity contribution in [3.05, 3.63) is 35.1 Å². The minimum atomic E-state index is -0.0289. The van der Waals surface area contributed by atoms with Crippen molar-refractivity contribution in [1.29, 1.82) is 0 Å². The molecular formula is C21H28N2O4. The molecule has 2 aliphatic heterocycles. The summed E-state index contributed by atoms with van der Waals surface area (Å²) in [5, 5.41) is 1.01. The Kier molecular flexibility index (Phi) is 5.48. The van der Waals surface area contributed by atoms with Gasteiger partial charge in [-0.3, -0.25) is 9.69 Å². The van der Waals surface area contributed by atoms with Crippen LogP contribution < -0.4 is 0 Å². The standard InChI is InChI=1S/C21H28N2O4/c1-15-4-5-18-16(2)20(27-19(18)12-15)21(24)23-6-3-9-26-17(14-23)13-22-7-10-25-11-8-22/h4-5,12,17H,3,6-11,13-14H2,1-2H3. The Hall–Kier alpha value is -1.89. The van der Waals surface area contributed by atoms with E-state index in [0.29, 0.717) is 25.5 Å². The quantitative estimate of drug-likeness (QED) is 0.829. The summed E-state index contributed by atoms with van der Waals surface area (Å²) < 4.78 is 17.4. The van der Waals surface area contributed by atoms with E-state index in [1.165, 1.54) is 0 Å². The molecule has 2 saturated heterocycles. The number of fused-ring (bicyclic) bond motifs is 1. The van der Waals surface area contributed by atoms with E-state index in [2.05, 4.69) is 11.0 Å². The summed E-state index contributed by atoms with van der Waals surface area (Å²) in [6, 6.07) is 6.08. The number of hydrogen-bond acceptors (Lipinski definition) is 5. The second kappa shape index (κ2) is 8.00. The summed E-state index contributed by atoms with van der Waals surface area (Å²) in [5.74, 6) is 0.432. The molecule has 1 atom stereocenters. The van der Waals surface area contributed by atoms with Crippen LogP contribution in [0, 0.1) is 13.8 Å². The minimum Gasteiger partial charge on any atom is -0.451 e. The maximum Gasteiger partial charge on any atom is 0.289 e. The topological polar surface area (TPSA) is 55.2 Å². The number of ether oxygens (including phenoxy) is 2. The first-order valence-corrected chi connectivity index (χ1v) is 9.82. The second-order valence-corrected chi connectivity index (χ2v) is 7.57. The van der Waals surface area contributed by atoms with Crippen LogP contribution in [0.4, 0.5) is 0 Å². The number of carbonyl (C=O) groups excluding carboxylic acids is 1. The highest BCUT2D eigenvalue weighted by Gasteiger charge is 2.28. The number of amides is 1. The summed E-state index contributed by atoms with van der Waals surface area (Å²) >= 11 is 0. The third kappa shape index (κ3) is 4.03. The van der Waals surface area contributed by atoms with Crippen molar-refractivity contribution in [3.63, 3.8) is 0 Å². The van der Waals surface area contributed by atoms with Gasteiger partial charge in [0.15, 0.2) is 5.76 Å². The van der Waals surface area contributed by atoms with Gasteiger partial charge in [-0.25, -0.2) is 0 Å². The monoisotopic (exact) mass is 372 g/mol. The Balaban J connectivity index is 1.50. The largest absolute Gasteiger partial charge is 0.451 e. The van der Waals surface area contributed by atoms with E-state index in [0.717, 1.165) is 61.4 Å². The van der Waals surface area contributed by atoms with Crippen molar-refractivity contribution < 1.29 is 18.7 Å². The SMILES string of the molecule is Cc1ccc2c(C)c(C(=O)N3CCCOC(CN4CCOCC4)C3)oc2c1. The lowest BCUT2D eigenvalue weighted by Crippen LogP contribution is -2.45. The summed E-state index contributed by atoms with van der Waals surface area (Å²) in [6.07, 6.45) is 0.880. The van der Waals surface area contributed by atoms with Gasteiger partial charge in [0.05, 0.1) is 19.3 Å². The van der Waals surface area contributed by atoms with Gasteiger partial charge in [0.2, 0.25) is 0 Å². The summed E-state index contributed by atoms with van der Waals surface area (Å²) in [5.41, 5.74) is 2.83. The number of benzene rings is 1. The fraction of sp³-hybridized carbons (Fsp3) is 0.571. The molecule has 2 fully saturated rings. The average molecular weight is 372 g/mol. The Morgan fingerprint density at radius 1 is 1.15 bits per heavy atom. The van der Waals surface area contributed by atoms with Crippen LogP contribution in [-0.4, -0.2) is 74.4 Å². The van der Waals surface area contributed by atoms with Gasteiger partial charge >= 0.3 is 0 Å². The first kappa shape index (κ1) is 18.5. The zero-order valence-corrected chi connectivity index (χ0v) is 16.2. The third-order valence-electron chi connectivity index (χ3n) is 5.49. The summed E-state index contributed by atoms with van der Waals surface area (Å²) in [4.78, 5) is 17.5. The van der Waals surface area contributed by atoms with Crippen molar-refractivity contribution in [2.24, 2.45) is 0 Å². The molecule has 6 nitrogen and oxygen atoms in total. The first-order valence-electron chi connectivity index (χ1n) is 9.82. The molecule has 6 heteroatoms. The van der Waals surface area contributed by atoms with Crippen molar-refractivity contribution in [3.8, 4) is 0 Å². The van der Waals surface area contributed by atoms with Gasteiger partial charge in [0.25, 0.3) is 5.91 Å². The number of carbonyl (C=O) groups is 1. The van der Waals surface area contributed by atoms with Gasteiger partial charge in [-0.15, -0.1) is 0 Å². The lowest BCUT2D eigenvalue weighted by molar-refractivity contribution is -0.0113. The zero-order chi connectivity index (χ0) is 18.8.